The van der Waals surface area contributed by atoms with Gasteiger partial charge >= 0.3 is 0 Å². The van der Waals surface area contributed by atoms with E-state index in [1.165, 1.54) is 18.4 Å². The number of benzene rings is 2. The highest BCUT2D eigenvalue weighted by molar-refractivity contribution is 5.93. The van der Waals surface area contributed by atoms with Crippen molar-refractivity contribution in [3.05, 3.63) is 71.8 Å². The molecule has 2 N–H and O–H groups in total. The summed E-state index contributed by atoms with van der Waals surface area (Å²) < 4.78 is 0. The maximum Gasteiger partial charge on any atom is 0.265 e. The topological polar surface area (TPSA) is 41.1 Å². The molecule has 0 unspecified atom stereocenters. The van der Waals surface area contributed by atoms with Crippen LogP contribution in [0, 0.1) is 5.92 Å². The summed E-state index contributed by atoms with van der Waals surface area (Å²) in [6, 6.07) is 20.3. The van der Waals surface area contributed by atoms with Crippen molar-refractivity contribution in [2.75, 3.05) is 0 Å². The van der Waals surface area contributed by atoms with Gasteiger partial charge in [0.05, 0.1) is 0 Å². The Bertz CT molecular complexity index is 597. The smallest absolute Gasteiger partial charge is 0.265 e. The zero-order chi connectivity index (χ0) is 15.2. The van der Waals surface area contributed by atoms with Crippen molar-refractivity contribution in [2.24, 2.45) is 5.92 Å². The van der Waals surface area contributed by atoms with Gasteiger partial charge in [0, 0.05) is 11.6 Å². The van der Waals surface area contributed by atoms with Crippen LogP contribution < -0.4 is 10.9 Å². The minimum absolute atomic E-state index is 0.0639. The largest absolute Gasteiger partial charge is 0.287 e. The van der Waals surface area contributed by atoms with Crippen molar-refractivity contribution in [1.29, 1.82) is 0 Å². The Kier molecular flexibility index (Phi) is 4.86. The molecule has 0 spiro atoms. The molecule has 2 aromatic rings. The Hall–Kier alpha value is -2.13. The van der Waals surface area contributed by atoms with Gasteiger partial charge in [0.25, 0.3) is 5.91 Å². The highest BCUT2D eigenvalue weighted by atomic mass is 16.2. The first-order chi connectivity index (χ1) is 10.8. The number of hydrogen-bond acceptors (Lipinski definition) is 2. The minimum atomic E-state index is -0.0639. The van der Waals surface area contributed by atoms with Crippen molar-refractivity contribution in [3.63, 3.8) is 0 Å². The number of carbonyl (C=O) groups excluding carboxylic acids is 1. The maximum atomic E-state index is 12.1. The highest BCUT2D eigenvalue weighted by Crippen LogP contribution is 2.28. The first-order valence-corrected chi connectivity index (χ1v) is 7.98. The third-order valence-electron chi connectivity index (χ3n) is 4.41. The fraction of sp³-hybridized carbons (Fsp3) is 0.316. The maximum absolute atomic E-state index is 12.1. The zero-order valence-electron chi connectivity index (χ0n) is 12.7. The average molecular weight is 294 g/mol. The number of nitrogens with one attached hydrogen (secondary N) is 2. The molecule has 1 aliphatic rings. The van der Waals surface area contributed by atoms with Crippen LogP contribution in [-0.4, -0.2) is 11.9 Å². The Labute approximate surface area is 131 Å². The molecule has 114 valence electrons. The summed E-state index contributed by atoms with van der Waals surface area (Å²) in [5, 5.41) is 0. The predicted octanol–water partition coefficient (Wildman–Crippen LogP) is 3.33. The van der Waals surface area contributed by atoms with Gasteiger partial charge in [-0.25, -0.2) is 5.43 Å². The van der Waals surface area contributed by atoms with E-state index in [-0.39, 0.29) is 5.91 Å². The number of hydrazine groups is 1. The van der Waals surface area contributed by atoms with Gasteiger partial charge < -0.3 is 0 Å². The monoisotopic (exact) mass is 294 g/mol. The lowest BCUT2D eigenvalue weighted by Crippen LogP contribution is -2.46. The molecule has 1 fully saturated rings. The van der Waals surface area contributed by atoms with Crippen LogP contribution in [0.4, 0.5) is 0 Å². The van der Waals surface area contributed by atoms with Gasteiger partial charge in [-0.05, 0) is 42.9 Å². The third-order valence-corrected chi connectivity index (χ3v) is 4.41. The van der Waals surface area contributed by atoms with Crippen LogP contribution >= 0.6 is 0 Å². The molecule has 3 rings (SSSR count). The van der Waals surface area contributed by atoms with Gasteiger partial charge in [-0.3, -0.25) is 10.2 Å². The molecule has 0 radical (unpaired) electrons. The van der Waals surface area contributed by atoms with Crippen molar-refractivity contribution in [1.82, 2.24) is 10.9 Å². The Morgan fingerprint density at radius 2 is 1.64 bits per heavy atom. The highest BCUT2D eigenvalue weighted by Gasteiger charge is 2.27. The SMILES string of the molecule is O=C(NN[C@@H]1CCC[C@H]1Cc1ccccc1)c1ccccc1. The van der Waals surface area contributed by atoms with Gasteiger partial charge in [0.2, 0.25) is 0 Å². The number of rotatable bonds is 5. The van der Waals surface area contributed by atoms with Crippen molar-refractivity contribution < 1.29 is 4.79 Å². The second kappa shape index (κ2) is 7.23. The first kappa shape index (κ1) is 14.8. The van der Waals surface area contributed by atoms with Crippen LogP contribution in [-0.2, 0) is 6.42 Å². The molecule has 3 heteroatoms. The van der Waals surface area contributed by atoms with Gasteiger partial charge in [-0.15, -0.1) is 0 Å². The quantitative estimate of drug-likeness (QED) is 0.831. The number of hydrogen-bond donors (Lipinski definition) is 2. The molecule has 0 bridgehead atoms. The molecule has 2 aromatic carbocycles. The van der Waals surface area contributed by atoms with Gasteiger partial charge in [-0.2, -0.15) is 0 Å². The molecule has 0 aliphatic heterocycles. The molecule has 1 aliphatic carbocycles. The van der Waals surface area contributed by atoms with Crippen LogP contribution in [0.25, 0.3) is 0 Å². The Morgan fingerprint density at radius 1 is 0.955 bits per heavy atom. The van der Waals surface area contributed by atoms with E-state index in [1.807, 2.05) is 36.4 Å². The van der Waals surface area contributed by atoms with Crippen LogP contribution in [0.1, 0.15) is 35.2 Å². The lowest BCUT2D eigenvalue weighted by Gasteiger charge is -2.21. The van der Waals surface area contributed by atoms with E-state index in [0.717, 1.165) is 12.8 Å². The van der Waals surface area contributed by atoms with E-state index in [2.05, 4.69) is 35.1 Å². The summed E-state index contributed by atoms with van der Waals surface area (Å²) in [4.78, 5) is 12.1. The van der Waals surface area contributed by atoms with Gasteiger partial charge in [0.15, 0.2) is 0 Å². The fourth-order valence-electron chi connectivity index (χ4n) is 3.21. The molecule has 0 aromatic heterocycles. The second-order valence-corrected chi connectivity index (χ2v) is 5.95. The standard InChI is InChI=1S/C19H22N2O/c22-19(16-10-5-2-6-11-16)21-20-18-13-7-12-17(18)14-15-8-3-1-4-9-15/h1-6,8-11,17-18,20H,7,12-14H2,(H,21,22)/t17-,18+/m0/s1. The summed E-state index contributed by atoms with van der Waals surface area (Å²) in [5.74, 6) is 0.518. The molecule has 3 nitrogen and oxygen atoms in total. The molecule has 1 amide bonds. The molecule has 0 heterocycles. The predicted molar refractivity (Wildman–Crippen MR) is 88.3 cm³/mol. The van der Waals surface area contributed by atoms with Crippen LogP contribution in [0.3, 0.4) is 0 Å². The summed E-state index contributed by atoms with van der Waals surface area (Å²) in [6.45, 7) is 0. The van der Waals surface area contributed by atoms with E-state index in [9.17, 15) is 4.79 Å². The summed E-state index contributed by atoms with van der Waals surface area (Å²) in [6.07, 6.45) is 4.62. The Morgan fingerprint density at radius 3 is 2.36 bits per heavy atom. The van der Waals surface area contributed by atoms with Crippen LogP contribution in [0.15, 0.2) is 60.7 Å². The third kappa shape index (κ3) is 3.74. The minimum Gasteiger partial charge on any atom is -0.287 e. The van der Waals surface area contributed by atoms with E-state index in [0.29, 0.717) is 17.5 Å². The molecule has 1 saturated carbocycles. The lowest BCUT2D eigenvalue weighted by atomic mass is 9.95. The van der Waals surface area contributed by atoms with E-state index in [4.69, 9.17) is 0 Å². The Balaban J connectivity index is 1.54. The zero-order valence-corrected chi connectivity index (χ0v) is 12.7. The molecular weight excluding hydrogens is 272 g/mol. The van der Waals surface area contributed by atoms with Crippen molar-refractivity contribution in [2.45, 2.75) is 31.7 Å². The van der Waals surface area contributed by atoms with E-state index >= 15 is 0 Å². The molecule has 22 heavy (non-hydrogen) atoms. The van der Waals surface area contributed by atoms with E-state index in [1.54, 1.807) is 0 Å². The summed E-state index contributed by atoms with van der Waals surface area (Å²) in [5.41, 5.74) is 8.18. The number of carbonyl (C=O) groups is 1. The van der Waals surface area contributed by atoms with E-state index < -0.39 is 0 Å². The first-order valence-electron chi connectivity index (χ1n) is 7.98. The molecule has 2 atom stereocenters. The molecular formula is C19H22N2O. The second-order valence-electron chi connectivity index (χ2n) is 5.95. The number of amides is 1. The van der Waals surface area contributed by atoms with Crippen LogP contribution in [0.2, 0.25) is 0 Å². The summed E-state index contributed by atoms with van der Waals surface area (Å²) in [7, 11) is 0. The summed E-state index contributed by atoms with van der Waals surface area (Å²) >= 11 is 0. The van der Waals surface area contributed by atoms with Crippen molar-refractivity contribution in [3.8, 4) is 0 Å². The lowest BCUT2D eigenvalue weighted by molar-refractivity contribution is 0.0920. The van der Waals surface area contributed by atoms with Crippen molar-refractivity contribution >= 4 is 5.91 Å². The van der Waals surface area contributed by atoms with Crippen LogP contribution in [0.5, 0.6) is 0 Å². The average Bonchev–Trinajstić information content (AvgIpc) is 3.01. The normalized spacial score (nSPS) is 20.7. The van der Waals surface area contributed by atoms with Gasteiger partial charge in [-0.1, -0.05) is 55.0 Å². The van der Waals surface area contributed by atoms with Gasteiger partial charge in [0.1, 0.15) is 0 Å². The fourth-order valence-corrected chi connectivity index (χ4v) is 3.21. The molecule has 0 saturated heterocycles.